The maximum absolute atomic E-state index is 13.9. The highest BCUT2D eigenvalue weighted by molar-refractivity contribution is 5.84. The monoisotopic (exact) mass is 526 g/mol. The van der Waals surface area contributed by atoms with Crippen LogP contribution in [0.15, 0.2) is 42.5 Å². The fraction of sp³-hybridized carbons (Fsp3) is 0.548. The van der Waals surface area contributed by atoms with E-state index in [0.717, 1.165) is 58.1 Å². The van der Waals surface area contributed by atoms with Gasteiger partial charge in [-0.25, -0.2) is 13.2 Å². The highest BCUT2D eigenvalue weighted by Gasteiger charge is 2.35. The van der Waals surface area contributed by atoms with Gasteiger partial charge >= 0.3 is 0 Å². The number of para-hydroxylation sites is 1. The van der Waals surface area contributed by atoms with Gasteiger partial charge in [0, 0.05) is 67.1 Å². The Morgan fingerprint density at radius 2 is 1.74 bits per heavy atom. The number of H-pyrrole nitrogens is 1. The van der Waals surface area contributed by atoms with Crippen molar-refractivity contribution in [3.05, 3.63) is 65.4 Å². The lowest BCUT2D eigenvalue weighted by Gasteiger charge is -2.45. The summed E-state index contributed by atoms with van der Waals surface area (Å²) in [5.74, 6) is -0.982. The van der Waals surface area contributed by atoms with Crippen LogP contribution >= 0.6 is 0 Å². The zero-order valence-electron chi connectivity index (χ0n) is 22.9. The summed E-state index contributed by atoms with van der Waals surface area (Å²) in [5, 5.41) is 4.80. The summed E-state index contributed by atoms with van der Waals surface area (Å²) in [6, 6.07) is 12.6. The Kier molecular flexibility index (Phi) is 7.79. The van der Waals surface area contributed by atoms with Crippen molar-refractivity contribution >= 4 is 16.6 Å². The van der Waals surface area contributed by atoms with E-state index in [9.17, 15) is 13.2 Å². The van der Waals surface area contributed by atoms with Crippen LogP contribution in [0.25, 0.3) is 10.9 Å². The molecule has 2 aromatic carbocycles. The van der Waals surface area contributed by atoms with Gasteiger partial charge < -0.3 is 15.2 Å². The molecule has 0 radical (unpaired) electrons. The number of alkyl halides is 1. The topological polar surface area (TPSA) is 34.3 Å². The molecule has 1 unspecified atom stereocenters. The molecule has 6 rings (SSSR count). The second kappa shape index (κ2) is 10.9. The summed E-state index contributed by atoms with van der Waals surface area (Å²) in [6.45, 7) is 10.8. The van der Waals surface area contributed by atoms with Gasteiger partial charge in [0.2, 0.25) is 0 Å². The Morgan fingerprint density at radius 1 is 1.03 bits per heavy atom. The molecule has 0 amide bonds. The number of benzene rings is 2. The third-order valence-corrected chi connectivity index (χ3v) is 8.56. The van der Waals surface area contributed by atoms with Gasteiger partial charge in [-0.2, -0.15) is 0 Å². The van der Waals surface area contributed by atoms with Gasteiger partial charge in [-0.1, -0.05) is 18.2 Å². The van der Waals surface area contributed by atoms with E-state index < -0.39 is 17.3 Å². The first-order valence-electron chi connectivity index (χ1n) is 14.0. The summed E-state index contributed by atoms with van der Waals surface area (Å²) in [4.78, 5) is 7.83. The fourth-order valence-corrected chi connectivity index (χ4v) is 6.52. The highest BCUT2D eigenvalue weighted by atomic mass is 19.1. The predicted molar refractivity (Wildman–Crippen MR) is 149 cm³/mol. The third kappa shape index (κ3) is 6.20. The summed E-state index contributed by atoms with van der Waals surface area (Å²) < 4.78 is 40.4. The van der Waals surface area contributed by atoms with Crippen LogP contribution in [-0.4, -0.2) is 54.3 Å². The predicted octanol–water partition coefficient (Wildman–Crippen LogP) is 6.60. The molecule has 38 heavy (non-hydrogen) atoms. The first-order chi connectivity index (χ1) is 18.1. The van der Waals surface area contributed by atoms with E-state index in [1.165, 1.54) is 47.1 Å². The molecule has 4 nitrogen and oxygen atoms in total. The van der Waals surface area contributed by atoms with E-state index in [1.807, 2.05) is 0 Å². The Bertz CT molecular complexity index is 1210. The van der Waals surface area contributed by atoms with Crippen LogP contribution in [0.1, 0.15) is 57.7 Å². The standard InChI is InChI=1S/C16H21FN2.C15H20F2N2/c1-11-8-13-12-6-4-5-7-14(12)18-15(13)9-19(11)10-16(2,3)17;16-12-8-13(17)10-14(9-12)19-6-3-15(4-7-19)2-1-5-18-11-15/h4-7,11,18H,8-10H2,1-3H3;8-10,18H,1-7,11H2. The molecule has 3 aliphatic rings. The zero-order valence-corrected chi connectivity index (χ0v) is 22.9. The molecule has 4 heterocycles. The number of hydrogen-bond donors (Lipinski definition) is 2. The molecule has 206 valence electrons. The number of piperidine rings is 2. The fourth-order valence-electron chi connectivity index (χ4n) is 6.52. The van der Waals surface area contributed by atoms with E-state index in [-0.39, 0.29) is 0 Å². The lowest BCUT2D eigenvalue weighted by molar-refractivity contribution is 0.0853. The van der Waals surface area contributed by atoms with Gasteiger partial charge in [-0.15, -0.1) is 0 Å². The Morgan fingerprint density at radius 3 is 2.39 bits per heavy atom. The number of aromatic nitrogens is 1. The van der Waals surface area contributed by atoms with Crippen LogP contribution in [0.5, 0.6) is 0 Å². The molecule has 0 aliphatic carbocycles. The molecule has 2 fully saturated rings. The summed E-state index contributed by atoms with van der Waals surface area (Å²) in [6.07, 6.45) is 5.74. The van der Waals surface area contributed by atoms with Crippen LogP contribution < -0.4 is 10.2 Å². The van der Waals surface area contributed by atoms with E-state index in [0.29, 0.717) is 23.7 Å². The van der Waals surface area contributed by atoms with E-state index in [1.54, 1.807) is 13.8 Å². The molecule has 1 spiro atoms. The Balaban J connectivity index is 0.000000155. The van der Waals surface area contributed by atoms with Gasteiger partial charge in [0.25, 0.3) is 0 Å². The van der Waals surface area contributed by atoms with Crippen molar-refractivity contribution in [2.75, 3.05) is 37.6 Å². The van der Waals surface area contributed by atoms with Gasteiger partial charge in [0.1, 0.15) is 17.3 Å². The Hall–Kier alpha value is -2.51. The number of anilines is 1. The van der Waals surface area contributed by atoms with Crippen LogP contribution in [0.3, 0.4) is 0 Å². The second-order valence-corrected chi connectivity index (χ2v) is 12.2. The van der Waals surface area contributed by atoms with Crippen molar-refractivity contribution in [1.29, 1.82) is 0 Å². The molecule has 1 atom stereocenters. The first-order valence-corrected chi connectivity index (χ1v) is 14.0. The van der Waals surface area contributed by atoms with E-state index in [4.69, 9.17) is 0 Å². The van der Waals surface area contributed by atoms with E-state index >= 15 is 0 Å². The minimum atomic E-state index is -1.14. The average molecular weight is 527 g/mol. The Labute approximate surface area is 224 Å². The van der Waals surface area contributed by atoms with Crippen molar-refractivity contribution in [2.45, 2.75) is 71.1 Å². The average Bonchev–Trinajstić information content (AvgIpc) is 3.21. The molecule has 3 aromatic rings. The van der Waals surface area contributed by atoms with Crippen LogP contribution in [0, 0.1) is 17.0 Å². The lowest BCUT2D eigenvalue weighted by atomic mass is 9.73. The molecule has 0 bridgehead atoms. The maximum Gasteiger partial charge on any atom is 0.128 e. The second-order valence-electron chi connectivity index (χ2n) is 12.2. The number of rotatable bonds is 3. The molecule has 2 saturated heterocycles. The number of aromatic amines is 1. The normalized spacial score (nSPS) is 21.7. The van der Waals surface area contributed by atoms with Crippen molar-refractivity contribution in [1.82, 2.24) is 15.2 Å². The van der Waals surface area contributed by atoms with Crippen molar-refractivity contribution in [2.24, 2.45) is 5.41 Å². The molecular weight excluding hydrogens is 485 g/mol. The van der Waals surface area contributed by atoms with Gasteiger partial charge in [0.05, 0.1) is 0 Å². The van der Waals surface area contributed by atoms with Crippen molar-refractivity contribution < 1.29 is 13.2 Å². The smallest absolute Gasteiger partial charge is 0.128 e. The number of hydrogen-bond acceptors (Lipinski definition) is 3. The van der Waals surface area contributed by atoms with Gasteiger partial charge in [-0.3, -0.25) is 4.90 Å². The largest absolute Gasteiger partial charge is 0.371 e. The minimum Gasteiger partial charge on any atom is -0.371 e. The SMILES string of the molecule is CC1Cc2c([nH]c3ccccc23)CN1CC(C)(C)F.Fc1cc(F)cc(N2CCC3(CCCNC3)CC2)c1. The molecule has 0 saturated carbocycles. The number of nitrogens with one attached hydrogen (secondary N) is 2. The summed E-state index contributed by atoms with van der Waals surface area (Å²) >= 11 is 0. The van der Waals surface area contributed by atoms with Crippen molar-refractivity contribution in [3.63, 3.8) is 0 Å². The summed E-state index contributed by atoms with van der Waals surface area (Å²) in [7, 11) is 0. The first kappa shape index (κ1) is 27.1. The highest BCUT2D eigenvalue weighted by Crippen LogP contribution is 2.38. The lowest BCUT2D eigenvalue weighted by Crippen LogP contribution is -2.48. The maximum atomic E-state index is 13.9. The quantitative estimate of drug-likeness (QED) is 0.404. The minimum absolute atomic E-state index is 0.390. The molecule has 3 aliphatic heterocycles. The van der Waals surface area contributed by atoms with E-state index in [2.05, 4.69) is 51.3 Å². The molecule has 7 heteroatoms. The van der Waals surface area contributed by atoms with Gasteiger partial charge in [0.15, 0.2) is 0 Å². The van der Waals surface area contributed by atoms with Crippen LogP contribution in [0.4, 0.5) is 18.9 Å². The number of nitrogens with zero attached hydrogens (tertiary/aromatic N) is 2. The zero-order chi connectivity index (χ0) is 26.9. The van der Waals surface area contributed by atoms with Gasteiger partial charge in [-0.05, 0) is 88.6 Å². The molecular formula is C31H41F3N4. The molecule has 2 N–H and O–H groups in total. The van der Waals surface area contributed by atoms with Crippen molar-refractivity contribution in [3.8, 4) is 0 Å². The third-order valence-electron chi connectivity index (χ3n) is 8.56. The summed E-state index contributed by atoms with van der Waals surface area (Å²) in [5.41, 5.74) is 3.81. The van der Waals surface area contributed by atoms with Crippen LogP contribution in [0.2, 0.25) is 0 Å². The number of halogens is 3. The van der Waals surface area contributed by atoms with Crippen LogP contribution in [-0.2, 0) is 13.0 Å². The number of fused-ring (bicyclic) bond motifs is 3. The molecule has 1 aromatic heterocycles.